The number of alkyl halides is 6. The van der Waals surface area contributed by atoms with Crippen molar-refractivity contribution >= 4 is 23.3 Å². The molecule has 2 amide bonds. The molecule has 0 fully saturated rings. The molecular weight excluding hydrogens is 528 g/mol. The maximum atomic E-state index is 13.3. The second kappa shape index (κ2) is 12.0. The number of rotatable bonds is 9. The third-order valence-corrected chi connectivity index (χ3v) is 6.55. The number of aliphatic imine (C=N–C) groups is 1. The van der Waals surface area contributed by atoms with Crippen LogP contribution in [0, 0.1) is 18.8 Å². The van der Waals surface area contributed by atoms with Crippen LogP contribution in [0.2, 0.25) is 0 Å². The highest BCUT2D eigenvalue weighted by atomic mass is 19.4. The molecule has 3 rings (SSSR count). The predicted molar refractivity (Wildman–Crippen MR) is 131 cm³/mol. The molecule has 0 unspecified atom stereocenters. The van der Waals surface area contributed by atoms with E-state index < -0.39 is 73.6 Å². The Morgan fingerprint density at radius 1 is 0.923 bits per heavy atom. The molecule has 0 radical (unpaired) electrons. The number of hydrogen-bond donors (Lipinski definition) is 2. The van der Waals surface area contributed by atoms with E-state index in [9.17, 15) is 40.7 Å². The van der Waals surface area contributed by atoms with Gasteiger partial charge in [-0.1, -0.05) is 48.5 Å². The van der Waals surface area contributed by atoms with Gasteiger partial charge in [0, 0.05) is 42.2 Å². The highest BCUT2D eigenvalue weighted by molar-refractivity contribution is 6.17. The molecule has 0 bridgehead atoms. The van der Waals surface area contributed by atoms with E-state index in [-0.39, 0.29) is 6.42 Å². The van der Waals surface area contributed by atoms with Gasteiger partial charge in [-0.15, -0.1) is 0 Å². The summed E-state index contributed by atoms with van der Waals surface area (Å²) in [4.78, 5) is 42.9. The molecule has 1 aliphatic rings. The number of carbonyl (C=O) groups is 3. The van der Waals surface area contributed by atoms with E-state index in [1.165, 1.54) is 0 Å². The molecule has 1 heterocycles. The van der Waals surface area contributed by atoms with Crippen molar-refractivity contribution in [1.82, 2.24) is 5.32 Å². The number of benzene rings is 2. The summed E-state index contributed by atoms with van der Waals surface area (Å²) in [6.45, 7) is 1.81. The smallest absolute Gasteiger partial charge is 0.369 e. The van der Waals surface area contributed by atoms with Crippen molar-refractivity contribution < 1.29 is 40.7 Å². The molecule has 12 heteroatoms. The van der Waals surface area contributed by atoms with Gasteiger partial charge in [-0.05, 0) is 30.9 Å². The molecule has 2 aromatic carbocycles. The summed E-state index contributed by atoms with van der Waals surface area (Å²) in [5.41, 5.74) is 8.27. The fraction of sp³-hybridized carbons (Fsp3) is 0.407. The normalized spacial score (nSPS) is 17.5. The number of nitrogens with two attached hydrogens (primary N) is 1. The average Bonchev–Trinajstić information content (AvgIpc) is 2.96. The Kier molecular flexibility index (Phi) is 9.18. The van der Waals surface area contributed by atoms with Gasteiger partial charge in [0.05, 0.1) is 5.71 Å². The van der Waals surface area contributed by atoms with Crippen molar-refractivity contribution in [3.63, 3.8) is 0 Å². The fourth-order valence-electron chi connectivity index (χ4n) is 4.56. The van der Waals surface area contributed by atoms with Crippen LogP contribution >= 0.6 is 0 Å². The molecule has 0 aromatic heterocycles. The summed E-state index contributed by atoms with van der Waals surface area (Å²) in [6.07, 6.45) is -16.2. The first-order chi connectivity index (χ1) is 18.2. The molecular formula is C27H27F6N3O3. The largest absolute Gasteiger partial charge is 0.389 e. The van der Waals surface area contributed by atoms with E-state index >= 15 is 0 Å². The van der Waals surface area contributed by atoms with Crippen LogP contribution < -0.4 is 11.1 Å². The summed E-state index contributed by atoms with van der Waals surface area (Å²) in [6, 6.07) is 14.0. The van der Waals surface area contributed by atoms with Gasteiger partial charge in [0.2, 0.25) is 11.8 Å². The monoisotopic (exact) mass is 555 g/mol. The zero-order valence-electron chi connectivity index (χ0n) is 20.9. The predicted octanol–water partition coefficient (Wildman–Crippen LogP) is 4.80. The van der Waals surface area contributed by atoms with Crippen LogP contribution in [0.25, 0.3) is 0 Å². The number of primary amides is 1. The highest BCUT2D eigenvalue weighted by Gasteiger charge is 2.40. The molecule has 0 saturated carbocycles. The number of hydrogen-bond acceptors (Lipinski definition) is 4. The Hall–Kier alpha value is -3.70. The van der Waals surface area contributed by atoms with E-state index in [1.807, 2.05) is 13.0 Å². The third kappa shape index (κ3) is 8.14. The summed E-state index contributed by atoms with van der Waals surface area (Å²) < 4.78 is 77.6. The summed E-state index contributed by atoms with van der Waals surface area (Å²) in [7, 11) is 0. The number of amides is 2. The first kappa shape index (κ1) is 29.9. The zero-order valence-corrected chi connectivity index (χ0v) is 20.9. The van der Waals surface area contributed by atoms with Gasteiger partial charge in [-0.3, -0.25) is 19.4 Å². The molecule has 0 spiro atoms. The van der Waals surface area contributed by atoms with E-state index in [0.717, 1.165) is 5.56 Å². The Balaban J connectivity index is 1.99. The number of nitrogens with zero attached hydrogens (tertiary/aromatic N) is 1. The maximum Gasteiger partial charge on any atom is 0.389 e. The molecule has 3 N–H and O–H groups in total. The average molecular weight is 556 g/mol. The number of aryl methyl sites for hydroxylation is 1. The van der Waals surface area contributed by atoms with Gasteiger partial charge in [0.25, 0.3) is 0 Å². The minimum Gasteiger partial charge on any atom is -0.369 e. The Bertz CT molecular complexity index is 1260. The number of nitrogens with one attached hydrogen (secondary N) is 1. The molecule has 0 aliphatic carbocycles. The first-order valence-corrected chi connectivity index (χ1v) is 12.1. The Labute approximate surface area is 220 Å². The Morgan fingerprint density at radius 3 is 2.03 bits per heavy atom. The van der Waals surface area contributed by atoms with E-state index in [0.29, 0.717) is 22.4 Å². The van der Waals surface area contributed by atoms with E-state index in [2.05, 4.69) is 10.3 Å². The zero-order chi connectivity index (χ0) is 29.0. The summed E-state index contributed by atoms with van der Waals surface area (Å²) in [5.74, 6) is -6.83. The molecule has 1 aliphatic heterocycles. The minimum absolute atomic E-state index is 0.166. The molecule has 39 heavy (non-hydrogen) atoms. The number of ketones is 1. The lowest BCUT2D eigenvalue weighted by Crippen LogP contribution is -2.47. The van der Waals surface area contributed by atoms with E-state index in [4.69, 9.17) is 5.73 Å². The highest BCUT2D eigenvalue weighted by Crippen LogP contribution is 2.33. The minimum atomic E-state index is -4.75. The lowest BCUT2D eigenvalue weighted by molar-refractivity contribution is -0.152. The molecule has 210 valence electrons. The van der Waals surface area contributed by atoms with Crippen LogP contribution in [0.1, 0.15) is 47.9 Å². The topological polar surface area (TPSA) is 102 Å². The van der Waals surface area contributed by atoms with Gasteiger partial charge in [-0.2, -0.15) is 26.3 Å². The van der Waals surface area contributed by atoms with Crippen molar-refractivity contribution in [2.75, 3.05) is 0 Å². The number of carbonyl (C=O) groups excluding carboxylic acids is 3. The maximum absolute atomic E-state index is 13.3. The first-order valence-electron chi connectivity index (χ1n) is 12.1. The van der Waals surface area contributed by atoms with Crippen LogP contribution in [0.15, 0.2) is 53.5 Å². The lowest BCUT2D eigenvalue weighted by Gasteiger charge is -2.26. The van der Waals surface area contributed by atoms with Gasteiger partial charge >= 0.3 is 12.4 Å². The van der Waals surface area contributed by atoms with E-state index in [1.54, 1.807) is 42.5 Å². The van der Waals surface area contributed by atoms with Crippen LogP contribution in [-0.4, -0.2) is 41.8 Å². The molecule has 6 nitrogen and oxygen atoms in total. The van der Waals surface area contributed by atoms with Gasteiger partial charge in [0.1, 0.15) is 0 Å². The SMILES string of the molecule is Cc1ccccc1C1=N[C@H](NC(=O)[C@H](CCC(F)(F)F)[C@H](CCC(F)(F)F)C(N)=O)C(=O)Cc2ccccc21. The standard InChI is InChI=1S/C27H27F6N3O3/c1-15-6-2-4-8-17(15)22-18-9-5-3-7-16(18)14-21(37)24(35-22)36-25(39)20(11-13-27(31,32)33)19(23(34)38)10-12-26(28,29)30/h2-9,19-20,24H,10-14H2,1H3,(H2,34,38)(H,36,39)/t19-,20+,24+/m0/s1. The Morgan fingerprint density at radius 2 is 1.46 bits per heavy atom. The van der Waals surface area contributed by atoms with Crippen molar-refractivity contribution in [3.8, 4) is 0 Å². The number of fused-ring (bicyclic) bond motifs is 1. The lowest BCUT2D eigenvalue weighted by atomic mass is 9.83. The van der Waals surface area contributed by atoms with Crippen LogP contribution in [0.5, 0.6) is 0 Å². The quantitative estimate of drug-likeness (QED) is 0.435. The van der Waals surface area contributed by atoms with Crippen molar-refractivity contribution in [3.05, 3.63) is 70.8 Å². The van der Waals surface area contributed by atoms with Gasteiger partial charge < -0.3 is 11.1 Å². The van der Waals surface area contributed by atoms with Crippen LogP contribution in [0.4, 0.5) is 26.3 Å². The molecule has 0 saturated heterocycles. The number of Topliss-reactive ketones (excluding diaryl/α,β-unsaturated/α-hetero) is 1. The molecule has 3 atom stereocenters. The fourth-order valence-corrected chi connectivity index (χ4v) is 4.56. The van der Waals surface area contributed by atoms with Crippen molar-refractivity contribution in [1.29, 1.82) is 0 Å². The van der Waals surface area contributed by atoms with Gasteiger partial charge in [-0.25, -0.2) is 0 Å². The summed E-state index contributed by atoms with van der Waals surface area (Å²) >= 11 is 0. The summed E-state index contributed by atoms with van der Waals surface area (Å²) in [5, 5.41) is 2.30. The number of halogens is 6. The third-order valence-electron chi connectivity index (χ3n) is 6.55. The van der Waals surface area contributed by atoms with Crippen LogP contribution in [0.3, 0.4) is 0 Å². The molecule has 2 aromatic rings. The van der Waals surface area contributed by atoms with Crippen molar-refractivity contribution in [2.45, 2.75) is 57.5 Å². The van der Waals surface area contributed by atoms with Crippen molar-refractivity contribution in [2.24, 2.45) is 22.6 Å². The second-order valence-electron chi connectivity index (χ2n) is 9.43. The van der Waals surface area contributed by atoms with Gasteiger partial charge in [0.15, 0.2) is 11.9 Å². The second-order valence-corrected chi connectivity index (χ2v) is 9.43. The van der Waals surface area contributed by atoms with Crippen LogP contribution in [-0.2, 0) is 20.8 Å².